The minimum atomic E-state index is 0.222. The van der Waals surface area contributed by atoms with Crippen molar-refractivity contribution in [1.82, 2.24) is 9.97 Å². The fourth-order valence-corrected chi connectivity index (χ4v) is 2.04. The van der Waals surface area contributed by atoms with Crippen molar-refractivity contribution < 1.29 is 0 Å². The number of halogens is 2. The summed E-state index contributed by atoms with van der Waals surface area (Å²) >= 11 is 9.14. The van der Waals surface area contributed by atoms with Crippen LogP contribution in [-0.4, -0.2) is 9.97 Å². The topological polar surface area (TPSA) is 37.8 Å². The highest BCUT2D eigenvalue weighted by Crippen LogP contribution is 2.25. The summed E-state index contributed by atoms with van der Waals surface area (Å²) < 4.78 is 0.779. The molecule has 1 aromatic carbocycles. The van der Waals surface area contributed by atoms with E-state index in [1.165, 1.54) is 11.1 Å². The first-order valence-corrected chi connectivity index (χ1v) is 6.25. The minimum absolute atomic E-state index is 0.222. The molecule has 5 heteroatoms. The molecule has 1 aromatic heterocycles. The van der Waals surface area contributed by atoms with Crippen LogP contribution < -0.4 is 5.32 Å². The number of hydrogen-bond acceptors (Lipinski definition) is 3. The van der Waals surface area contributed by atoms with Crippen molar-refractivity contribution in [1.29, 1.82) is 0 Å². The van der Waals surface area contributed by atoms with Gasteiger partial charge in [0.15, 0.2) is 0 Å². The fourth-order valence-electron chi connectivity index (χ4n) is 1.62. The Morgan fingerprint density at radius 3 is 2.47 bits per heavy atom. The van der Waals surface area contributed by atoms with E-state index >= 15 is 0 Å². The molecule has 0 aliphatic rings. The van der Waals surface area contributed by atoms with Gasteiger partial charge in [-0.15, -0.1) is 0 Å². The third-order valence-corrected chi connectivity index (χ3v) is 2.96. The Kier molecular flexibility index (Phi) is 3.64. The van der Waals surface area contributed by atoms with Gasteiger partial charge in [0, 0.05) is 11.9 Å². The number of benzene rings is 1. The third kappa shape index (κ3) is 3.17. The Morgan fingerprint density at radius 2 is 1.82 bits per heavy atom. The standard InChI is InChI=1S/C12H11BrClN3/c1-7-3-8(2)5-9(4-7)16-11-10(13)6-15-12(14)17-11/h3-6H,1-2H3,(H,15,16,17). The first-order chi connectivity index (χ1) is 8.04. The van der Waals surface area contributed by atoms with Crippen LogP contribution in [0.2, 0.25) is 5.28 Å². The van der Waals surface area contributed by atoms with Crippen LogP contribution >= 0.6 is 27.5 Å². The first kappa shape index (κ1) is 12.3. The maximum absolute atomic E-state index is 5.76. The number of aromatic nitrogens is 2. The van der Waals surface area contributed by atoms with Gasteiger partial charge in [0.2, 0.25) is 5.28 Å². The lowest BCUT2D eigenvalue weighted by molar-refractivity contribution is 1.15. The van der Waals surface area contributed by atoms with Gasteiger partial charge in [-0.1, -0.05) is 6.07 Å². The average molecular weight is 313 g/mol. The molecule has 0 aliphatic heterocycles. The molecule has 2 rings (SSSR count). The smallest absolute Gasteiger partial charge is 0.224 e. The molecule has 0 bridgehead atoms. The van der Waals surface area contributed by atoms with Crippen molar-refractivity contribution in [2.24, 2.45) is 0 Å². The summed E-state index contributed by atoms with van der Waals surface area (Å²) in [4.78, 5) is 8.01. The second kappa shape index (κ2) is 5.02. The zero-order chi connectivity index (χ0) is 12.4. The summed E-state index contributed by atoms with van der Waals surface area (Å²) in [6.45, 7) is 4.11. The number of nitrogens with zero attached hydrogens (tertiary/aromatic N) is 2. The van der Waals surface area contributed by atoms with Gasteiger partial charge in [0.1, 0.15) is 5.82 Å². The minimum Gasteiger partial charge on any atom is -0.339 e. The lowest BCUT2D eigenvalue weighted by atomic mass is 10.1. The summed E-state index contributed by atoms with van der Waals surface area (Å²) in [6.07, 6.45) is 1.63. The lowest BCUT2D eigenvalue weighted by Gasteiger charge is -2.09. The van der Waals surface area contributed by atoms with Gasteiger partial charge in [-0.2, -0.15) is 4.98 Å². The van der Waals surface area contributed by atoms with Crippen molar-refractivity contribution in [3.63, 3.8) is 0 Å². The van der Waals surface area contributed by atoms with Crippen molar-refractivity contribution in [3.8, 4) is 0 Å². The molecular weight excluding hydrogens is 302 g/mol. The quantitative estimate of drug-likeness (QED) is 0.842. The van der Waals surface area contributed by atoms with E-state index < -0.39 is 0 Å². The molecular formula is C12H11BrClN3. The second-order valence-electron chi connectivity index (χ2n) is 3.84. The van der Waals surface area contributed by atoms with Gasteiger partial charge >= 0.3 is 0 Å². The fraction of sp³-hybridized carbons (Fsp3) is 0.167. The van der Waals surface area contributed by atoms with Crippen LogP contribution in [0.1, 0.15) is 11.1 Å². The Bertz CT molecular complexity index is 537. The number of aryl methyl sites for hydroxylation is 2. The molecule has 88 valence electrons. The Hall–Kier alpha value is -1.13. The molecule has 17 heavy (non-hydrogen) atoms. The highest BCUT2D eigenvalue weighted by Gasteiger charge is 2.04. The summed E-state index contributed by atoms with van der Waals surface area (Å²) in [6, 6.07) is 6.22. The van der Waals surface area contributed by atoms with E-state index in [0.29, 0.717) is 5.82 Å². The van der Waals surface area contributed by atoms with Gasteiger partial charge in [0.25, 0.3) is 0 Å². The van der Waals surface area contributed by atoms with E-state index in [0.717, 1.165) is 10.2 Å². The molecule has 0 amide bonds. The van der Waals surface area contributed by atoms with Crippen LogP contribution in [0.15, 0.2) is 28.9 Å². The van der Waals surface area contributed by atoms with Crippen LogP contribution in [0, 0.1) is 13.8 Å². The van der Waals surface area contributed by atoms with E-state index in [-0.39, 0.29) is 5.28 Å². The van der Waals surface area contributed by atoms with E-state index in [2.05, 4.69) is 63.3 Å². The second-order valence-corrected chi connectivity index (χ2v) is 5.03. The predicted molar refractivity (Wildman–Crippen MR) is 73.9 cm³/mol. The number of anilines is 2. The normalized spacial score (nSPS) is 10.4. The SMILES string of the molecule is Cc1cc(C)cc(Nc2nc(Cl)ncc2Br)c1. The van der Waals surface area contributed by atoms with Crippen LogP contribution in [-0.2, 0) is 0 Å². The van der Waals surface area contributed by atoms with Crippen molar-refractivity contribution >= 4 is 39.0 Å². The van der Waals surface area contributed by atoms with Gasteiger partial charge in [-0.3, -0.25) is 0 Å². The van der Waals surface area contributed by atoms with Gasteiger partial charge in [-0.25, -0.2) is 4.98 Å². The molecule has 0 atom stereocenters. The molecule has 0 spiro atoms. The largest absolute Gasteiger partial charge is 0.339 e. The van der Waals surface area contributed by atoms with Gasteiger partial charge in [0.05, 0.1) is 4.47 Å². The van der Waals surface area contributed by atoms with Crippen molar-refractivity contribution in [3.05, 3.63) is 45.3 Å². The zero-order valence-electron chi connectivity index (χ0n) is 9.46. The van der Waals surface area contributed by atoms with Crippen molar-refractivity contribution in [2.45, 2.75) is 13.8 Å². The highest BCUT2D eigenvalue weighted by molar-refractivity contribution is 9.10. The maximum atomic E-state index is 5.76. The number of nitrogens with one attached hydrogen (secondary N) is 1. The Balaban J connectivity index is 2.34. The molecule has 0 saturated heterocycles. The molecule has 0 aliphatic carbocycles. The predicted octanol–water partition coefficient (Wildman–Crippen LogP) is 4.25. The molecule has 0 fully saturated rings. The third-order valence-electron chi connectivity index (χ3n) is 2.20. The van der Waals surface area contributed by atoms with Gasteiger partial charge < -0.3 is 5.32 Å². The Morgan fingerprint density at radius 1 is 1.18 bits per heavy atom. The molecule has 1 heterocycles. The van der Waals surface area contributed by atoms with Gasteiger partial charge in [-0.05, 0) is 64.6 Å². The molecule has 0 unspecified atom stereocenters. The number of rotatable bonds is 2. The van der Waals surface area contributed by atoms with E-state index in [1.54, 1.807) is 6.20 Å². The first-order valence-electron chi connectivity index (χ1n) is 5.08. The van der Waals surface area contributed by atoms with E-state index in [9.17, 15) is 0 Å². The average Bonchev–Trinajstić information content (AvgIpc) is 2.22. The van der Waals surface area contributed by atoms with Crippen LogP contribution in [0.3, 0.4) is 0 Å². The number of hydrogen-bond donors (Lipinski definition) is 1. The highest BCUT2D eigenvalue weighted by atomic mass is 79.9. The van der Waals surface area contributed by atoms with Crippen molar-refractivity contribution in [2.75, 3.05) is 5.32 Å². The molecule has 1 N–H and O–H groups in total. The van der Waals surface area contributed by atoms with E-state index in [4.69, 9.17) is 11.6 Å². The summed E-state index contributed by atoms with van der Waals surface area (Å²) in [5.41, 5.74) is 3.38. The molecule has 0 radical (unpaired) electrons. The Labute approximate surface area is 113 Å². The molecule has 3 nitrogen and oxygen atoms in total. The van der Waals surface area contributed by atoms with E-state index in [1.807, 2.05) is 0 Å². The summed E-state index contributed by atoms with van der Waals surface area (Å²) in [5.74, 6) is 0.662. The summed E-state index contributed by atoms with van der Waals surface area (Å²) in [5, 5.41) is 3.43. The maximum Gasteiger partial charge on any atom is 0.224 e. The zero-order valence-corrected chi connectivity index (χ0v) is 11.8. The monoisotopic (exact) mass is 311 g/mol. The molecule has 0 saturated carbocycles. The van der Waals surface area contributed by atoms with Crippen LogP contribution in [0.4, 0.5) is 11.5 Å². The van der Waals surface area contributed by atoms with Crippen LogP contribution in [0.25, 0.3) is 0 Å². The molecule has 2 aromatic rings. The van der Waals surface area contributed by atoms with Crippen LogP contribution in [0.5, 0.6) is 0 Å². The summed E-state index contributed by atoms with van der Waals surface area (Å²) in [7, 11) is 0. The lowest BCUT2D eigenvalue weighted by Crippen LogP contribution is -1.97.